The maximum atomic E-state index is 12.7. The molecule has 6 nitrogen and oxygen atoms in total. The van der Waals surface area contributed by atoms with E-state index in [0.717, 1.165) is 12.1 Å². The summed E-state index contributed by atoms with van der Waals surface area (Å²) in [5.74, 6) is 0.0213. The number of benzene rings is 2. The van der Waals surface area contributed by atoms with E-state index < -0.39 is 31.8 Å². The Morgan fingerprint density at radius 1 is 1.07 bits per heavy atom. The second-order valence-electron chi connectivity index (χ2n) is 6.37. The van der Waals surface area contributed by atoms with Gasteiger partial charge in [-0.2, -0.15) is 13.2 Å². The van der Waals surface area contributed by atoms with Gasteiger partial charge in [-0.3, -0.25) is 9.03 Å². The summed E-state index contributed by atoms with van der Waals surface area (Å²) in [6.07, 6.45) is -4.09. The molecule has 0 bridgehead atoms. The van der Waals surface area contributed by atoms with Gasteiger partial charge in [0.2, 0.25) is 10.0 Å². The van der Waals surface area contributed by atoms with Gasteiger partial charge in [0, 0.05) is 6.54 Å². The zero-order chi connectivity index (χ0) is 20.7. The normalized spacial score (nSPS) is 16.9. The molecule has 1 N–H and O–H groups in total. The van der Waals surface area contributed by atoms with Crippen molar-refractivity contribution >= 4 is 31.4 Å². The molecule has 0 unspecified atom stereocenters. The minimum atomic E-state index is -4.57. The molecule has 11 heteroatoms. The van der Waals surface area contributed by atoms with Crippen LogP contribution in [0.3, 0.4) is 0 Å². The second-order valence-corrected chi connectivity index (χ2v) is 10.1. The molecule has 1 heterocycles. The first-order valence-electron chi connectivity index (χ1n) is 8.21. The fourth-order valence-electron chi connectivity index (χ4n) is 2.83. The van der Waals surface area contributed by atoms with Crippen LogP contribution in [0.4, 0.5) is 24.5 Å². The monoisotopic (exact) mass is 434 g/mol. The summed E-state index contributed by atoms with van der Waals surface area (Å²) in [5, 5.41) is 0. The van der Waals surface area contributed by atoms with Gasteiger partial charge in [-0.05, 0) is 55.3 Å². The Kier molecular flexibility index (Phi) is 5.09. The van der Waals surface area contributed by atoms with Crippen LogP contribution >= 0.6 is 0 Å². The van der Waals surface area contributed by atoms with Gasteiger partial charge in [-0.25, -0.2) is 16.8 Å². The number of halogens is 3. The molecule has 0 spiro atoms. The van der Waals surface area contributed by atoms with E-state index in [-0.39, 0.29) is 16.3 Å². The van der Waals surface area contributed by atoms with Crippen LogP contribution in [0.2, 0.25) is 0 Å². The average molecular weight is 434 g/mol. The van der Waals surface area contributed by atoms with Crippen molar-refractivity contribution < 1.29 is 30.0 Å². The lowest BCUT2D eigenvalue weighted by atomic mass is 10.2. The smallest absolute Gasteiger partial charge is 0.279 e. The van der Waals surface area contributed by atoms with Gasteiger partial charge in [0.15, 0.2) is 0 Å². The van der Waals surface area contributed by atoms with Crippen LogP contribution < -0.4 is 9.03 Å². The summed E-state index contributed by atoms with van der Waals surface area (Å²) >= 11 is 0. The Balaban J connectivity index is 1.91. The first-order chi connectivity index (χ1) is 12.9. The molecule has 1 saturated heterocycles. The number of nitrogens with one attached hydrogen (secondary N) is 1. The van der Waals surface area contributed by atoms with E-state index in [9.17, 15) is 30.0 Å². The topological polar surface area (TPSA) is 83.6 Å². The summed E-state index contributed by atoms with van der Waals surface area (Å²) in [6, 6.07) is 7.68. The number of anilines is 2. The SMILES string of the molecule is Cc1ccc(N2CCCS2(=O)=O)cc1NS(=O)(=O)c1ccc(C(F)(F)F)cc1. The van der Waals surface area contributed by atoms with Crippen molar-refractivity contribution in [3.8, 4) is 0 Å². The number of rotatable bonds is 4. The van der Waals surface area contributed by atoms with Gasteiger partial charge in [-0.1, -0.05) is 6.07 Å². The summed E-state index contributed by atoms with van der Waals surface area (Å²) in [6.45, 7) is 1.93. The molecule has 3 rings (SSSR count). The molecule has 28 heavy (non-hydrogen) atoms. The third kappa shape index (κ3) is 4.09. The van der Waals surface area contributed by atoms with Crippen LogP contribution in [-0.4, -0.2) is 29.1 Å². The molecule has 1 aliphatic rings. The fourth-order valence-corrected chi connectivity index (χ4v) is 5.51. The Hall–Kier alpha value is -2.27. The van der Waals surface area contributed by atoms with Gasteiger partial charge in [0.1, 0.15) is 0 Å². The summed E-state index contributed by atoms with van der Waals surface area (Å²) in [4.78, 5) is -0.334. The van der Waals surface area contributed by atoms with Crippen LogP contribution in [0.1, 0.15) is 17.5 Å². The van der Waals surface area contributed by atoms with Gasteiger partial charge in [0.05, 0.1) is 27.6 Å². The molecule has 1 aliphatic heterocycles. The Bertz CT molecular complexity index is 1100. The Labute approximate surface area is 161 Å². The van der Waals surface area contributed by atoms with E-state index in [1.807, 2.05) is 0 Å². The molecular formula is C17H17F3N2O4S2. The molecule has 2 aromatic rings. The minimum Gasteiger partial charge on any atom is -0.279 e. The maximum absolute atomic E-state index is 12.7. The van der Waals surface area contributed by atoms with Gasteiger partial charge < -0.3 is 0 Å². The first-order valence-corrected chi connectivity index (χ1v) is 11.3. The number of nitrogens with zero attached hydrogens (tertiary/aromatic N) is 1. The van der Waals surface area contributed by atoms with Crippen LogP contribution in [0.25, 0.3) is 0 Å². The highest BCUT2D eigenvalue weighted by Crippen LogP contribution is 2.32. The van der Waals surface area contributed by atoms with Gasteiger partial charge in [0.25, 0.3) is 10.0 Å². The van der Waals surface area contributed by atoms with Crippen LogP contribution in [0.15, 0.2) is 47.4 Å². The molecule has 0 aromatic heterocycles. The summed E-state index contributed by atoms with van der Waals surface area (Å²) in [5.41, 5.74) is 0.0624. The molecule has 152 valence electrons. The van der Waals surface area contributed by atoms with Crippen molar-refractivity contribution in [1.82, 2.24) is 0 Å². The summed E-state index contributed by atoms with van der Waals surface area (Å²) < 4.78 is 90.7. The van der Waals surface area contributed by atoms with E-state index in [1.165, 1.54) is 10.4 Å². The van der Waals surface area contributed by atoms with Crippen LogP contribution in [0, 0.1) is 6.92 Å². The highest BCUT2D eigenvalue weighted by atomic mass is 32.2. The van der Waals surface area contributed by atoms with E-state index in [2.05, 4.69) is 4.72 Å². The van der Waals surface area contributed by atoms with Gasteiger partial charge >= 0.3 is 6.18 Å². The van der Waals surface area contributed by atoms with Crippen LogP contribution in [-0.2, 0) is 26.2 Å². The first kappa shape index (κ1) is 20.5. The molecule has 2 aromatic carbocycles. The molecule has 1 fully saturated rings. The Morgan fingerprint density at radius 2 is 1.71 bits per heavy atom. The van der Waals surface area contributed by atoms with Crippen molar-refractivity contribution in [2.45, 2.75) is 24.4 Å². The molecule has 0 saturated carbocycles. The minimum absolute atomic E-state index is 0.0213. The lowest BCUT2D eigenvalue weighted by Gasteiger charge is -2.19. The van der Waals surface area contributed by atoms with Crippen LogP contribution in [0.5, 0.6) is 0 Å². The lowest BCUT2D eigenvalue weighted by Crippen LogP contribution is -2.25. The van der Waals surface area contributed by atoms with E-state index >= 15 is 0 Å². The second kappa shape index (κ2) is 6.96. The zero-order valence-electron chi connectivity index (χ0n) is 14.7. The lowest BCUT2D eigenvalue weighted by molar-refractivity contribution is -0.137. The number of sulfonamides is 2. The number of hydrogen-bond acceptors (Lipinski definition) is 4. The fraction of sp³-hybridized carbons (Fsp3) is 0.294. The van der Waals surface area contributed by atoms with Crippen molar-refractivity contribution in [2.75, 3.05) is 21.3 Å². The third-order valence-electron chi connectivity index (χ3n) is 4.34. The largest absolute Gasteiger partial charge is 0.416 e. The predicted octanol–water partition coefficient (Wildman–Crippen LogP) is 3.35. The third-order valence-corrected chi connectivity index (χ3v) is 7.60. The number of alkyl halides is 3. The number of hydrogen-bond donors (Lipinski definition) is 1. The highest BCUT2D eigenvalue weighted by Gasteiger charge is 2.31. The summed E-state index contributed by atoms with van der Waals surface area (Å²) in [7, 11) is -7.59. The van der Waals surface area contributed by atoms with E-state index in [1.54, 1.807) is 19.1 Å². The van der Waals surface area contributed by atoms with E-state index in [0.29, 0.717) is 36.3 Å². The van der Waals surface area contributed by atoms with Crippen molar-refractivity contribution in [1.29, 1.82) is 0 Å². The quantitative estimate of drug-likeness (QED) is 0.800. The van der Waals surface area contributed by atoms with E-state index in [4.69, 9.17) is 0 Å². The predicted molar refractivity (Wildman–Crippen MR) is 99.2 cm³/mol. The molecule has 0 radical (unpaired) electrons. The average Bonchev–Trinajstić information content (AvgIpc) is 2.95. The highest BCUT2D eigenvalue weighted by molar-refractivity contribution is 7.93. The maximum Gasteiger partial charge on any atom is 0.416 e. The molecule has 0 atom stereocenters. The van der Waals surface area contributed by atoms with Gasteiger partial charge in [-0.15, -0.1) is 0 Å². The van der Waals surface area contributed by atoms with Crippen molar-refractivity contribution in [3.63, 3.8) is 0 Å². The van der Waals surface area contributed by atoms with Crippen molar-refractivity contribution in [2.24, 2.45) is 0 Å². The Morgan fingerprint density at radius 3 is 2.25 bits per heavy atom. The molecule has 0 aliphatic carbocycles. The number of aryl methyl sites for hydroxylation is 1. The molecule has 0 amide bonds. The van der Waals surface area contributed by atoms with Crippen molar-refractivity contribution in [3.05, 3.63) is 53.6 Å². The molecular weight excluding hydrogens is 417 g/mol. The zero-order valence-corrected chi connectivity index (χ0v) is 16.3. The standard InChI is InChI=1S/C17H17F3N2O4S2/c1-12-3-6-14(22-9-2-10-27(22,23)24)11-16(12)21-28(25,26)15-7-4-13(5-8-15)17(18,19)20/h3-8,11,21H,2,9-10H2,1H3.